The molecule has 2 fully saturated rings. The third-order valence-corrected chi connectivity index (χ3v) is 6.25. The number of hydrogen-bond donors (Lipinski definition) is 1. The van der Waals surface area contributed by atoms with Crippen LogP contribution in [0.25, 0.3) is 5.52 Å². The SMILES string of the molecule is O=C1CCN(c2cnn3ccc(CC4CCN(Cc5ccccn5)CC4)cc23)C(=O)N1. The molecule has 2 saturated heterocycles. The van der Waals surface area contributed by atoms with E-state index >= 15 is 0 Å². The number of imide groups is 1. The minimum absolute atomic E-state index is 0.229. The van der Waals surface area contributed by atoms with Crippen LogP contribution in [-0.2, 0) is 17.8 Å². The Balaban J connectivity index is 1.24. The van der Waals surface area contributed by atoms with Gasteiger partial charge in [-0.3, -0.25) is 24.9 Å². The second-order valence-electron chi connectivity index (χ2n) is 8.39. The van der Waals surface area contributed by atoms with E-state index in [9.17, 15) is 9.59 Å². The van der Waals surface area contributed by atoms with Crippen molar-refractivity contribution in [2.24, 2.45) is 5.92 Å². The fourth-order valence-electron chi connectivity index (χ4n) is 4.54. The van der Waals surface area contributed by atoms with Crippen molar-refractivity contribution in [1.29, 1.82) is 0 Å². The molecule has 2 aliphatic rings. The van der Waals surface area contributed by atoms with Crippen LogP contribution in [0.4, 0.5) is 10.5 Å². The van der Waals surface area contributed by atoms with Gasteiger partial charge in [0.1, 0.15) is 0 Å². The molecule has 31 heavy (non-hydrogen) atoms. The highest BCUT2D eigenvalue weighted by Gasteiger charge is 2.27. The van der Waals surface area contributed by atoms with Crippen molar-refractivity contribution in [3.8, 4) is 0 Å². The van der Waals surface area contributed by atoms with Crippen LogP contribution in [0.2, 0.25) is 0 Å². The summed E-state index contributed by atoms with van der Waals surface area (Å²) in [6.07, 6.45) is 9.17. The first-order chi connectivity index (χ1) is 15.2. The van der Waals surface area contributed by atoms with Crippen LogP contribution in [-0.4, -0.2) is 51.1 Å². The zero-order valence-electron chi connectivity index (χ0n) is 17.4. The number of anilines is 1. The second-order valence-corrected chi connectivity index (χ2v) is 8.39. The Bertz CT molecular complexity index is 1090. The summed E-state index contributed by atoms with van der Waals surface area (Å²) in [6, 6.07) is 9.95. The normalized spacial score (nSPS) is 18.5. The lowest BCUT2D eigenvalue weighted by molar-refractivity contribution is -0.120. The number of likely N-dealkylation sites (tertiary alicyclic amines) is 1. The van der Waals surface area contributed by atoms with Crippen molar-refractivity contribution in [1.82, 2.24) is 24.8 Å². The Hall–Kier alpha value is -3.26. The molecular weight excluding hydrogens is 392 g/mol. The van der Waals surface area contributed by atoms with Gasteiger partial charge < -0.3 is 0 Å². The Morgan fingerprint density at radius 3 is 2.74 bits per heavy atom. The number of nitrogens with zero attached hydrogens (tertiary/aromatic N) is 5. The minimum Gasteiger partial charge on any atom is -0.297 e. The van der Waals surface area contributed by atoms with Crippen molar-refractivity contribution >= 4 is 23.1 Å². The number of piperidine rings is 1. The zero-order valence-corrected chi connectivity index (χ0v) is 17.4. The first-order valence-corrected chi connectivity index (χ1v) is 10.9. The van der Waals surface area contributed by atoms with Gasteiger partial charge >= 0.3 is 6.03 Å². The van der Waals surface area contributed by atoms with Gasteiger partial charge in [-0.15, -0.1) is 0 Å². The summed E-state index contributed by atoms with van der Waals surface area (Å²) in [7, 11) is 0. The van der Waals surface area contributed by atoms with Gasteiger partial charge in [-0.1, -0.05) is 6.07 Å². The number of carbonyl (C=O) groups excluding carboxylic acids is 2. The summed E-state index contributed by atoms with van der Waals surface area (Å²) in [4.78, 5) is 32.2. The minimum atomic E-state index is -0.378. The fraction of sp³-hybridized carbons (Fsp3) is 0.391. The van der Waals surface area contributed by atoms with E-state index in [4.69, 9.17) is 0 Å². The van der Waals surface area contributed by atoms with Crippen LogP contribution in [0, 0.1) is 5.92 Å². The maximum atomic E-state index is 12.3. The maximum Gasteiger partial charge on any atom is 0.328 e. The Morgan fingerprint density at radius 1 is 1.10 bits per heavy atom. The molecule has 0 unspecified atom stereocenters. The average Bonchev–Trinajstić information content (AvgIpc) is 3.19. The molecule has 1 N–H and O–H groups in total. The first kappa shape index (κ1) is 19.7. The van der Waals surface area contributed by atoms with Gasteiger partial charge in [0.2, 0.25) is 5.91 Å². The Kier molecular flexibility index (Phi) is 5.38. The van der Waals surface area contributed by atoms with E-state index in [0.717, 1.165) is 43.0 Å². The predicted molar refractivity (Wildman–Crippen MR) is 117 cm³/mol. The number of carbonyl (C=O) groups is 2. The van der Waals surface area contributed by atoms with Crippen LogP contribution >= 0.6 is 0 Å². The number of aromatic nitrogens is 3. The number of pyridine rings is 2. The van der Waals surface area contributed by atoms with Crippen LogP contribution in [0.5, 0.6) is 0 Å². The second kappa shape index (κ2) is 8.47. The summed E-state index contributed by atoms with van der Waals surface area (Å²) in [5, 5.41) is 6.77. The summed E-state index contributed by atoms with van der Waals surface area (Å²) < 4.78 is 1.79. The van der Waals surface area contributed by atoms with Crippen molar-refractivity contribution < 1.29 is 9.59 Å². The number of rotatable bonds is 5. The molecule has 3 aromatic rings. The average molecular weight is 419 g/mol. The smallest absolute Gasteiger partial charge is 0.297 e. The molecule has 160 valence electrons. The Morgan fingerprint density at radius 2 is 1.97 bits per heavy atom. The quantitative estimate of drug-likeness (QED) is 0.689. The van der Waals surface area contributed by atoms with Gasteiger partial charge in [0.25, 0.3) is 0 Å². The van der Waals surface area contributed by atoms with Gasteiger partial charge in [-0.2, -0.15) is 5.10 Å². The predicted octanol–water partition coefficient (Wildman–Crippen LogP) is 2.63. The van der Waals surface area contributed by atoms with Gasteiger partial charge in [-0.25, -0.2) is 9.31 Å². The van der Waals surface area contributed by atoms with Crippen molar-refractivity contribution in [2.45, 2.75) is 32.2 Å². The van der Waals surface area contributed by atoms with E-state index in [2.05, 4.69) is 38.5 Å². The lowest BCUT2D eigenvalue weighted by Crippen LogP contribution is -2.49. The van der Waals surface area contributed by atoms with Gasteiger partial charge in [-0.05, 0) is 68.1 Å². The molecule has 0 aliphatic carbocycles. The summed E-state index contributed by atoms with van der Waals surface area (Å²) in [5.74, 6) is 0.414. The number of hydrogen-bond acceptors (Lipinski definition) is 5. The fourth-order valence-corrected chi connectivity index (χ4v) is 4.54. The number of amides is 3. The molecule has 3 amide bonds. The molecule has 0 aromatic carbocycles. The topological polar surface area (TPSA) is 82.8 Å². The van der Waals surface area contributed by atoms with E-state index in [1.807, 2.05) is 24.5 Å². The number of nitrogens with one attached hydrogen (secondary N) is 1. The highest BCUT2D eigenvalue weighted by atomic mass is 16.2. The van der Waals surface area contributed by atoms with E-state index in [1.54, 1.807) is 15.6 Å². The van der Waals surface area contributed by atoms with Crippen LogP contribution in [0.15, 0.2) is 48.9 Å². The molecule has 0 atom stereocenters. The van der Waals surface area contributed by atoms with Crippen molar-refractivity contribution in [3.63, 3.8) is 0 Å². The summed E-state index contributed by atoms with van der Waals surface area (Å²) in [5.41, 5.74) is 4.03. The van der Waals surface area contributed by atoms with Crippen LogP contribution in [0.1, 0.15) is 30.5 Å². The zero-order chi connectivity index (χ0) is 21.2. The third-order valence-electron chi connectivity index (χ3n) is 6.25. The molecule has 8 heteroatoms. The van der Waals surface area contributed by atoms with Crippen molar-refractivity contribution in [2.75, 3.05) is 24.5 Å². The number of urea groups is 1. The number of fused-ring (bicyclic) bond motifs is 1. The molecule has 3 aromatic heterocycles. The summed E-state index contributed by atoms with van der Waals surface area (Å²) in [6.45, 7) is 3.47. The summed E-state index contributed by atoms with van der Waals surface area (Å²) >= 11 is 0. The molecule has 0 radical (unpaired) electrons. The maximum absolute atomic E-state index is 12.3. The highest BCUT2D eigenvalue weighted by Crippen LogP contribution is 2.27. The van der Waals surface area contributed by atoms with Crippen molar-refractivity contribution in [3.05, 3.63) is 60.2 Å². The Labute approximate surface area is 180 Å². The molecule has 0 saturated carbocycles. The molecule has 2 aliphatic heterocycles. The molecule has 0 bridgehead atoms. The molecule has 0 spiro atoms. The third kappa shape index (κ3) is 4.29. The molecule has 5 heterocycles. The van der Waals surface area contributed by atoms with Gasteiger partial charge in [0.15, 0.2) is 0 Å². The van der Waals surface area contributed by atoms with E-state index < -0.39 is 0 Å². The first-order valence-electron chi connectivity index (χ1n) is 10.9. The molecule has 8 nitrogen and oxygen atoms in total. The highest BCUT2D eigenvalue weighted by molar-refractivity contribution is 6.07. The largest absolute Gasteiger partial charge is 0.328 e. The van der Waals surface area contributed by atoms with Gasteiger partial charge in [0.05, 0.1) is 23.1 Å². The van der Waals surface area contributed by atoms with Crippen LogP contribution in [0.3, 0.4) is 0 Å². The lowest BCUT2D eigenvalue weighted by Gasteiger charge is -2.31. The monoisotopic (exact) mass is 418 g/mol. The molecular formula is C23H26N6O2. The lowest BCUT2D eigenvalue weighted by atomic mass is 9.90. The van der Waals surface area contributed by atoms with E-state index in [1.165, 1.54) is 18.4 Å². The van der Waals surface area contributed by atoms with Crippen LogP contribution < -0.4 is 10.2 Å². The van der Waals surface area contributed by atoms with Gasteiger partial charge in [0, 0.05) is 31.9 Å². The molecule has 5 rings (SSSR count). The van der Waals surface area contributed by atoms with E-state index in [0.29, 0.717) is 18.9 Å². The van der Waals surface area contributed by atoms with E-state index in [-0.39, 0.29) is 11.9 Å². The standard InChI is InChI=1S/C23H26N6O2/c30-22-7-11-28(23(31)26-22)21-15-25-29-12-6-18(14-20(21)29)13-17-4-9-27(10-5-17)16-19-3-1-2-8-24-19/h1-3,6,8,12,14-15,17H,4-5,7,9-11,13,16H2,(H,26,30,31).